The number of rotatable bonds is 8. The molecule has 1 aliphatic heterocycles. The topological polar surface area (TPSA) is 111 Å². The zero-order valence-corrected chi connectivity index (χ0v) is 20.1. The molecule has 0 radical (unpaired) electrons. The summed E-state index contributed by atoms with van der Waals surface area (Å²) >= 11 is 0. The van der Waals surface area contributed by atoms with Crippen molar-refractivity contribution in [2.24, 2.45) is 5.73 Å². The third-order valence-corrected chi connectivity index (χ3v) is 5.78. The molecular formula is C24H30ClN7O2. The van der Waals surface area contributed by atoms with E-state index in [4.69, 9.17) is 10.7 Å². The maximum Gasteiger partial charge on any atom is 0.281 e. The number of nitrogens with zero attached hydrogens (tertiary/aromatic N) is 5. The van der Waals surface area contributed by atoms with Gasteiger partial charge in [-0.25, -0.2) is 0 Å². The quantitative estimate of drug-likeness (QED) is 0.475. The van der Waals surface area contributed by atoms with Gasteiger partial charge >= 0.3 is 0 Å². The first-order valence-electron chi connectivity index (χ1n) is 11.3. The van der Waals surface area contributed by atoms with Crippen LogP contribution >= 0.6 is 12.4 Å². The highest BCUT2D eigenvalue weighted by atomic mass is 35.5. The Morgan fingerprint density at radius 3 is 2.53 bits per heavy atom. The Morgan fingerprint density at radius 1 is 1.12 bits per heavy atom. The largest absolute Gasteiger partial charge is 0.368 e. The van der Waals surface area contributed by atoms with Crippen LogP contribution in [0.4, 0.5) is 11.9 Å². The van der Waals surface area contributed by atoms with Gasteiger partial charge in [0.1, 0.15) is 0 Å². The summed E-state index contributed by atoms with van der Waals surface area (Å²) in [6.07, 6.45) is 4.00. The van der Waals surface area contributed by atoms with Crippen molar-refractivity contribution in [1.82, 2.24) is 19.1 Å². The van der Waals surface area contributed by atoms with Gasteiger partial charge in [0, 0.05) is 19.6 Å². The minimum absolute atomic E-state index is 0. The molecule has 0 saturated carbocycles. The maximum atomic E-state index is 13.7. The standard InChI is InChI=1S/C24H29N7O2.ClH/c1-2-3-15-30-20-21(28-24(30)29-13-8-5-9-14-29)27-23(26-17-19(25)32)31(22(20)33)16-12-18-10-6-4-7-11-18;/h4,6-7,10-11H,5,8-9,12-17H2,1H3,(H2,25,32)(H,26,27);1H. The van der Waals surface area contributed by atoms with Crippen molar-refractivity contribution in [3.63, 3.8) is 0 Å². The number of amides is 1. The molecule has 1 amide bonds. The molecule has 3 aromatic rings. The van der Waals surface area contributed by atoms with E-state index in [0.29, 0.717) is 36.6 Å². The predicted octanol–water partition coefficient (Wildman–Crippen LogP) is 2.17. The minimum atomic E-state index is -0.531. The van der Waals surface area contributed by atoms with Crippen molar-refractivity contribution < 1.29 is 4.79 Å². The van der Waals surface area contributed by atoms with E-state index in [0.717, 1.165) is 37.4 Å². The number of hydrogen-bond acceptors (Lipinski definition) is 6. The fourth-order valence-electron chi connectivity index (χ4n) is 4.14. The van der Waals surface area contributed by atoms with Crippen LogP contribution in [-0.4, -0.2) is 44.6 Å². The summed E-state index contributed by atoms with van der Waals surface area (Å²) in [6.45, 7) is 4.20. The summed E-state index contributed by atoms with van der Waals surface area (Å²) in [5.41, 5.74) is 6.99. The van der Waals surface area contributed by atoms with E-state index in [1.54, 1.807) is 11.5 Å². The number of primary amides is 1. The molecule has 0 spiro atoms. The van der Waals surface area contributed by atoms with Gasteiger partial charge in [0.25, 0.3) is 5.56 Å². The lowest BCUT2D eigenvalue weighted by atomic mass is 10.1. The van der Waals surface area contributed by atoms with Crippen molar-refractivity contribution in [3.8, 4) is 11.8 Å². The van der Waals surface area contributed by atoms with Crippen LogP contribution in [0.5, 0.6) is 0 Å². The zero-order valence-electron chi connectivity index (χ0n) is 19.3. The third kappa shape index (κ3) is 5.51. The Balaban J connectivity index is 0.00000324. The fourth-order valence-corrected chi connectivity index (χ4v) is 4.14. The van der Waals surface area contributed by atoms with Crippen molar-refractivity contribution in [2.75, 3.05) is 29.9 Å². The van der Waals surface area contributed by atoms with Gasteiger partial charge < -0.3 is 16.0 Å². The SMILES string of the molecule is CC#CCn1c(N2CCCCC2)nc2nc(NCC(N)=O)n(CCc3ccccc3)c(=O)c21.Cl. The van der Waals surface area contributed by atoms with E-state index in [2.05, 4.69) is 27.0 Å². The van der Waals surface area contributed by atoms with Gasteiger partial charge in [0.15, 0.2) is 11.2 Å². The number of nitrogens with one attached hydrogen (secondary N) is 1. The molecular weight excluding hydrogens is 454 g/mol. The van der Waals surface area contributed by atoms with Gasteiger partial charge in [0.2, 0.25) is 17.8 Å². The van der Waals surface area contributed by atoms with Crippen LogP contribution in [0.1, 0.15) is 31.7 Å². The number of hydrogen-bond donors (Lipinski definition) is 2. The van der Waals surface area contributed by atoms with E-state index >= 15 is 0 Å². The molecule has 1 saturated heterocycles. The normalized spacial score (nSPS) is 13.1. The molecule has 0 atom stereocenters. The number of fused-ring (bicyclic) bond motifs is 1. The smallest absolute Gasteiger partial charge is 0.281 e. The van der Waals surface area contributed by atoms with Crippen LogP contribution in [-0.2, 0) is 24.3 Å². The number of aromatic nitrogens is 4. The summed E-state index contributed by atoms with van der Waals surface area (Å²) in [5.74, 6) is 6.47. The van der Waals surface area contributed by atoms with E-state index in [1.165, 1.54) is 6.42 Å². The number of piperidine rings is 1. The van der Waals surface area contributed by atoms with Crippen LogP contribution in [0.3, 0.4) is 0 Å². The van der Waals surface area contributed by atoms with Crippen LogP contribution in [0, 0.1) is 11.8 Å². The Labute approximate surface area is 204 Å². The van der Waals surface area contributed by atoms with E-state index < -0.39 is 5.91 Å². The highest BCUT2D eigenvalue weighted by Crippen LogP contribution is 2.24. The number of halogens is 1. The lowest BCUT2D eigenvalue weighted by molar-refractivity contribution is -0.116. The van der Waals surface area contributed by atoms with Crippen molar-refractivity contribution in [1.29, 1.82) is 0 Å². The van der Waals surface area contributed by atoms with E-state index in [9.17, 15) is 9.59 Å². The Kier molecular flexibility index (Phi) is 8.55. The summed E-state index contributed by atoms with van der Waals surface area (Å²) in [5, 5.41) is 2.92. The predicted molar refractivity (Wildman–Crippen MR) is 136 cm³/mol. The molecule has 2 aromatic heterocycles. The van der Waals surface area contributed by atoms with Crippen LogP contribution in [0.15, 0.2) is 35.1 Å². The number of carbonyl (C=O) groups excluding carboxylic acids is 1. The molecule has 0 aliphatic carbocycles. The molecule has 34 heavy (non-hydrogen) atoms. The molecule has 3 heterocycles. The first-order chi connectivity index (χ1) is 16.1. The molecule has 180 valence electrons. The molecule has 1 aromatic carbocycles. The average molecular weight is 484 g/mol. The van der Waals surface area contributed by atoms with Gasteiger partial charge in [-0.2, -0.15) is 9.97 Å². The molecule has 1 fully saturated rings. The molecule has 9 nitrogen and oxygen atoms in total. The van der Waals surface area contributed by atoms with Crippen molar-refractivity contribution >= 4 is 41.4 Å². The lowest BCUT2D eigenvalue weighted by Crippen LogP contribution is -2.32. The molecule has 0 unspecified atom stereocenters. The van der Waals surface area contributed by atoms with Gasteiger partial charge in [-0.15, -0.1) is 18.3 Å². The highest BCUT2D eigenvalue weighted by Gasteiger charge is 2.23. The first-order valence-corrected chi connectivity index (χ1v) is 11.3. The maximum absolute atomic E-state index is 13.7. The second kappa shape index (κ2) is 11.6. The summed E-state index contributed by atoms with van der Waals surface area (Å²) in [7, 11) is 0. The highest BCUT2D eigenvalue weighted by molar-refractivity contribution is 5.85. The number of aryl methyl sites for hydroxylation is 1. The Bertz CT molecular complexity index is 1250. The number of carbonyl (C=O) groups is 1. The van der Waals surface area contributed by atoms with Crippen LogP contribution in [0.25, 0.3) is 11.2 Å². The van der Waals surface area contributed by atoms with Crippen molar-refractivity contribution in [3.05, 3.63) is 46.2 Å². The van der Waals surface area contributed by atoms with E-state index in [-0.39, 0.29) is 24.5 Å². The van der Waals surface area contributed by atoms with Crippen LogP contribution in [0.2, 0.25) is 0 Å². The Morgan fingerprint density at radius 2 is 1.85 bits per heavy atom. The number of anilines is 2. The summed E-state index contributed by atoms with van der Waals surface area (Å²) < 4.78 is 3.44. The summed E-state index contributed by atoms with van der Waals surface area (Å²) in [6, 6.07) is 9.93. The Hall–Kier alpha value is -3.51. The number of nitrogens with two attached hydrogens (primary N) is 1. The number of benzene rings is 1. The van der Waals surface area contributed by atoms with E-state index in [1.807, 2.05) is 34.9 Å². The lowest BCUT2D eigenvalue weighted by Gasteiger charge is -2.27. The molecule has 3 N–H and O–H groups in total. The van der Waals surface area contributed by atoms with Crippen molar-refractivity contribution in [2.45, 2.75) is 45.7 Å². The van der Waals surface area contributed by atoms with Gasteiger partial charge in [-0.1, -0.05) is 36.3 Å². The number of imidazole rings is 1. The van der Waals surface area contributed by atoms with Gasteiger partial charge in [-0.3, -0.25) is 18.7 Å². The zero-order chi connectivity index (χ0) is 23.2. The summed E-state index contributed by atoms with van der Waals surface area (Å²) in [4.78, 5) is 36.7. The third-order valence-electron chi connectivity index (χ3n) is 5.78. The van der Waals surface area contributed by atoms with Gasteiger partial charge in [-0.05, 0) is 38.2 Å². The monoisotopic (exact) mass is 483 g/mol. The average Bonchev–Trinajstić information content (AvgIpc) is 3.20. The minimum Gasteiger partial charge on any atom is -0.368 e. The second-order valence-corrected chi connectivity index (χ2v) is 8.09. The molecule has 10 heteroatoms. The molecule has 1 aliphatic rings. The first kappa shape index (κ1) is 25.1. The van der Waals surface area contributed by atoms with Crippen LogP contribution < -0.4 is 21.5 Å². The second-order valence-electron chi connectivity index (χ2n) is 8.09. The van der Waals surface area contributed by atoms with Gasteiger partial charge in [0.05, 0.1) is 13.1 Å². The fraction of sp³-hybridized carbons (Fsp3) is 0.417. The molecule has 4 rings (SSSR count). The molecule has 0 bridgehead atoms.